The number of hydrogen-bond acceptors (Lipinski definition) is 4. The highest BCUT2D eigenvalue weighted by Crippen LogP contribution is 2.27. The van der Waals surface area contributed by atoms with Gasteiger partial charge in [-0.15, -0.1) is 18.3 Å². The minimum atomic E-state index is -0.473. The van der Waals surface area contributed by atoms with Gasteiger partial charge in [0.15, 0.2) is 0 Å². The number of para-hydroxylation sites is 2. The number of thioether (sulfide) groups is 1. The van der Waals surface area contributed by atoms with Crippen LogP contribution in [-0.4, -0.2) is 16.6 Å². The van der Waals surface area contributed by atoms with Crippen molar-refractivity contribution in [2.24, 2.45) is 0 Å². The van der Waals surface area contributed by atoms with E-state index in [1.165, 1.54) is 18.2 Å². The quantitative estimate of drug-likeness (QED) is 0.264. The van der Waals surface area contributed by atoms with Crippen LogP contribution in [0.2, 0.25) is 0 Å². The molecule has 0 aliphatic rings. The maximum Gasteiger partial charge on any atom is 0.276 e. The summed E-state index contributed by atoms with van der Waals surface area (Å²) in [4.78, 5) is 23.5. The first-order chi connectivity index (χ1) is 11.6. The summed E-state index contributed by atoms with van der Waals surface area (Å²) in [6, 6.07) is 13.7. The number of benzene rings is 2. The predicted octanol–water partition coefficient (Wildman–Crippen LogP) is 4.52. The van der Waals surface area contributed by atoms with Crippen LogP contribution in [0.15, 0.2) is 72.2 Å². The van der Waals surface area contributed by atoms with Gasteiger partial charge in [0.05, 0.1) is 16.2 Å². The van der Waals surface area contributed by atoms with Gasteiger partial charge in [-0.2, -0.15) is 0 Å². The maximum absolute atomic E-state index is 12.1. The second-order valence-electron chi connectivity index (χ2n) is 4.73. The topological polar surface area (TPSA) is 72.2 Å². The summed E-state index contributed by atoms with van der Waals surface area (Å²) in [5.74, 6) is 0.388. The molecule has 2 aromatic rings. The molecule has 0 saturated carbocycles. The first kappa shape index (κ1) is 17.5. The zero-order chi connectivity index (χ0) is 17.4. The highest BCUT2D eigenvalue weighted by atomic mass is 32.2. The monoisotopic (exact) mass is 340 g/mol. The largest absolute Gasteiger partial charge is 0.321 e. The normalized spacial score (nSPS) is 10.5. The molecule has 0 saturated heterocycles. The molecule has 122 valence electrons. The fourth-order valence-electron chi connectivity index (χ4n) is 1.98. The summed E-state index contributed by atoms with van der Waals surface area (Å²) in [7, 11) is 0. The Balaban J connectivity index is 2.12. The van der Waals surface area contributed by atoms with Crippen molar-refractivity contribution in [3.8, 4) is 0 Å². The molecule has 0 spiro atoms. The van der Waals surface area contributed by atoms with Crippen molar-refractivity contribution in [3.05, 3.63) is 82.9 Å². The lowest BCUT2D eigenvalue weighted by Gasteiger charge is -2.08. The lowest BCUT2D eigenvalue weighted by atomic mass is 10.1. The molecule has 0 fully saturated rings. The van der Waals surface area contributed by atoms with E-state index in [0.29, 0.717) is 11.3 Å². The van der Waals surface area contributed by atoms with Crippen molar-refractivity contribution in [3.63, 3.8) is 0 Å². The lowest BCUT2D eigenvalue weighted by molar-refractivity contribution is -0.385. The molecule has 6 heteroatoms. The Hall–Kier alpha value is -2.86. The van der Waals surface area contributed by atoms with E-state index in [9.17, 15) is 14.9 Å². The van der Waals surface area contributed by atoms with Crippen LogP contribution in [0.1, 0.15) is 5.56 Å². The van der Waals surface area contributed by atoms with Crippen LogP contribution in [0.4, 0.5) is 11.4 Å². The zero-order valence-electron chi connectivity index (χ0n) is 12.8. The van der Waals surface area contributed by atoms with Crippen LogP contribution < -0.4 is 5.32 Å². The number of carbonyl (C=O) groups excluding carboxylic acids is 1. The number of hydrogen-bond donors (Lipinski definition) is 1. The van der Waals surface area contributed by atoms with E-state index in [4.69, 9.17) is 0 Å². The van der Waals surface area contributed by atoms with Gasteiger partial charge in [0.1, 0.15) is 0 Å². The van der Waals surface area contributed by atoms with Gasteiger partial charge < -0.3 is 5.32 Å². The van der Waals surface area contributed by atoms with Crippen LogP contribution >= 0.6 is 11.8 Å². The fraction of sp³-hybridized carbons (Fsp3) is 0.0556. The number of nitro benzene ring substituents is 1. The van der Waals surface area contributed by atoms with Crippen LogP contribution in [0.5, 0.6) is 0 Å². The van der Waals surface area contributed by atoms with E-state index in [1.807, 2.05) is 24.3 Å². The van der Waals surface area contributed by atoms with Gasteiger partial charge in [0, 0.05) is 22.8 Å². The van der Waals surface area contributed by atoms with Crippen LogP contribution in [0.25, 0.3) is 6.08 Å². The number of carbonyl (C=O) groups is 1. The first-order valence-electron chi connectivity index (χ1n) is 7.17. The van der Waals surface area contributed by atoms with E-state index < -0.39 is 4.92 Å². The molecular weight excluding hydrogens is 324 g/mol. The summed E-state index contributed by atoms with van der Waals surface area (Å²) in [6.45, 7) is 3.68. The average molecular weight is 340 g/mol. The number of anilines is 1. The zero-order valence-corrected chi connectivity index (χ0v) is 13.7. The Morgan fingerprint density at radius 3 is 2.67 bits per heavy atom. The molecule has 1 amide bonds. The maximum atomic E-state index is 12.1. The molecule has 0 aromatic heterocycles. The Bertz CT molecular complexity index is 787. The SMILES string of the molecule is C=CCSc1ccccc1NC(=O)/C=C/c1ccccc1[N+](=O)[O-]. The number of nitrogens with one attached hydrogen (secondary N) is 1. The second-order valence-corrected chi connectivity index (χ2v) is 5.80. The smallest absolute Gasteiger partial charge is 0.276 e. The van der Waals surface area contributed by atoms with Crippen LogP contribution in [0, 0.1) is 10.1 Å². The minimum absolute atomic E-state index is 0.0384. The molecule has 0 radical (unpaired) electrons. The van der Waals surface area contributed by atoms with Gasteiger partial charge in [-0.25, -0.2) is 0 Å². The number of nitrogens with zero attached hydrogens (tertiary/aromatic N) is 1. The summed E-state index contributed by atoms with van der Waals surface area (Å²) in [5.41, 5.74) is 1.04. The number of rotatable bonds is 7. The van der Waals surface area contributed by atoms with Crippen molar-refractivity contribution in [2.45, 2.75) is 4.90 Å². The Morgan fingerprint density at radius 2 is 1.92 bits per heavy atom. The Morgan fingerprint density at radius 1 is 1.21 bits per heavy atom. The van der Waals surface area contributed by atoms with Crippen molar-refractivity contribution >= 4 is 35.1 Å². The van der Waals surface area contributed by atoms with E-state index in [0.717, 1.165) is 10.6 Å². The molecule has 2 aromatic carbocycles. The third kappa shape index (κ3) is 4.82. The number of amides is 1. The van der Waals surface area contributed by atoms with Gasteiger partial charge in [-0.05, 0) is 24.3 Å². The van der Waals surface area contributed by atoms with Gasteiger partial charge >= 0.3 is 0 Å². The van der Waals surface area contributed by atoms with Crippen LogP contribution in [-0.2, 0) is 4.79 Å². The Labute approximate surface area is 144 Å². The minimum Gasteiger partial charge on any atom is -0.321 e. The van der Waals surface area contributed by atoms with Crippen LogP contribution in [0.3, 0.4) is 0 Å². The molecule has 0 heterocycles. The standard InChI is InChI=1S/C18H16N2O3S/c1-2-13-24-17-10-6-4-8-15(17)19-18(21)12-11-14-7-3-5-9-16(14)20(22)23/h2-12H,1,13H2,(H,19,21)/b12-11+. The molecule has 5 nitrogen and oxygen atoms in total. The van der Waals surface area contributed by atoms with Gasteiger partial charge in [-0.3, -0.25) is 14.9 Å². The van der Waals surface area contributed by atoms with Gasteiger partial charge in [-0.1, -0.05) is 30.3 Å². The molecule has 24 heavy (non-hydrogen) atoms. The number of nitro groups is 1. The molecule has 1 N–H and O–H groups in total. The Kier molecular flexibility index (Phi) is 6.33. The summed E-state index contributed by atoms with van der Waals surface area (Å²) in [6.07, 6.45) is 4.52. The molecule has 0 aliphatic carbocycles. The predicted molar refractivity (Wildman–Crippen MR) is 98.1 cm³/mol. The van der Waals surface area contributed by atoms with Crippen molar-refractivity contribution in [1.29, 1.82) is 0 Å². The molecule has 0 bridgehead atoms. The van der Waals surface area contributed by atoms with Crippen molar-refractivity contribution in [2.75, 3.05) is 11.1 Å². The van der Waals surface area contributed by atoms with E-state index in [1.54, 1.807) is 36.0 Å². The van der Waals surface area contributed by atoms with Gasteiger partial charge in [0.25, 0.3) is 5.69 Å². The third-order valence-corrected chi connectivity index (χ3v) is 4.12. The van der Waals surface area contributed by atoms with E-state index in [-0.39, 0.29) is 11.6 Å². The van der Waals surface area contributed by atoms with E-state index >= 15 is 0 Å². The average Bonchev–Trinajstić information content (AvgIpc) is 2.59. The molecular formula is C18H16N2O3S. The highest BCUT2D eigenvalue weighted by Gasteiger charge is 2.10. The molecule has 0 unspecified atom stereocenters. The third-order valence-electron chi connectivity index (χ3n) is 3.05. The first-order valence-corrected chi connectivity index (χ1v) is 8.15. The lowest BCUT2D eigenvalue weighted by Crippen LogP contribution is -2.08. The van der Waals surface area contributed by atoms with Crippen molar-refractivity contribution < 1.29 is 9.72 Å². The highest BCUT2D eigenvalue weighted by molar-refractivity contribution is 7.99. The molecule has 0 atom stereocenters. The molecule has 2 rings (SSSR count). The summed E-state index contributed by atoms with van der Waals surface area (Å²) in [5, 5.41) is 13.8. The van der Waals surface area contributed by atoms with Crippen molar-refractivity contribution in [1.82, 2.24) is 0 Å². The molecule has 0 aliphatic heterocycles. The van der Waals surface area contributed by atoms with Gasteiger partial charge in [0.2, 0.25) is 5.91 Å². The second kappa shape index (κ2) is 8.69. The van der Waals surface area contributed by atoms with E-state index in [2.05, 4.69) is 11.9 Å². The summed E-state index contributed by atoms with van der Waals surface area (Å²) >= 11 is 1.56. The summed E-state index contributed by atoms with van der Waals surface area (Å²) < 4.78 is 0. The fourth-order valence-corrected chi connectivity index (χ4v) is 2.73.